The van der Waals surface area contributed by atoms with Crippen molar-refractivity contribution < 1.29 is 28.7 Å². The van der Waals surface area contributed by atoms with Gasteiger partial charge in [-0.25, -0.2) is 4.79 Å². The van der Waals surface area contributed by atoms with E-state index in [2.05, 4.69) is 21.3 Å². The molecule has 0 aliphatic carbocycles. The van der Waals surface area contributed by atoms with Gasteiger partial charge < -0.3 is 36.6 Å². The molecule has 1 aromatic rings. The van der Waals surface area contributed by atoms with Crippen LogP contribution in [0.25, 0.3) is 0 Å². The predicted octanol–water partition coefficient (Wildman–Crippen LogP) is 2.40. The standard InChI is InChI=1S/C34H54N6O6/c1-23(2)19-27(39-29(42)25(35)20-24-11-7-6-8-12-24)30(43)38-26(13-9-10-16-36-32(45)46-33(3,4)5)31(44)40-17-14-34(15-18-40)21-28(41)37-22-34/h6-8,11-12,23,25-27H,9-10,13-22,35H2,1-5H3,(H,36,45)(H,37,41)(H,38,43)(H,39,42)/t25-,26-,27-/m1/s1. The zero-order valence-corrected chi connectivity index (χ0v) is 28.2. The molecule has 1 aromatic carbocycles. The van der Waals surface area contributed by atoms with Crippen LogP contribution in [0.2, 0.25) is 0 Å². The predicted molar refractivity (Wildman–Crippen MR) is 175 cm³/mol. The summed E-state index contributed by atoms with van der Waals surface area (Å²) in [5, 5.41) is 11.4. The molecule has 0 radical (unpaired) electrons. The van der Waals surface area contributed by atoms with Gasteiger partial charge in [-0.1, -0.05) is 44.2 Å². The van der Waals surface area contributed by atoms with Crippen LogP contribution in [-0.2, 0) is 30.3 Å². The topological polar surface area (TPSA) is 172 Å². The molecule has 2 aliphatic heterocycles. The van der Waals surface area contributed by atoms with Crippen LogP contribution in [0.15, 0.2) is 30.3 Å². The smallest absolute Gasteiger partial charge is 0.407 e. The van der Waals surface area contributed by atoms with Gasteiger partial charge in [0.1, 0.15) is 17.7 Å². The molecular formula is C34H54N6O6. The number of nitrogens with two attached hydrogens (primary N) is 1. The minimum absolute atomic E-state index is 0.0478. The quantitative estimate of drug-likeness (QED) is 0.194. The SMILES string of the molecule is CC(C)C[C@@H](NC(=O)[C@H](N)Cc1ccccc1)C(=O)N[C@H](CCCCNC(=O)OC(C)(C)C)C(=O)N1CCC2(CC1)CNC(=O)C2. The first-order valence-electron chi connectivity index (χ1n) is 16.6. The van der Waals surface area contributed by atoms with E-state index < -0.39 is 41.6 Å². The third-order valence-electron chi connectivity index (χ3n) is 8.51. The van der Waals surface area contributed by atoms with Crippen molar-refractivity contribution in [3.05, 3.63) is 35.9 Å². The lowest BCUT2D eigenvalue weighted by molar-refractivity contribution is -0.139. The number of alkyl carbamates (subject to hydrolysis) is 1. The van der Waals surface area contributed by atoms with Crippen molar-refractivity contribution in [2.45, 2.75) is 110 Å². The molecule has 2 aliphatic rings. The molecule has 1 spiro atoms. The number of rotatable bonds is 14. The number of carbonyl (C=O) groups is 5. The van der Waals surface area contributed by atoms with E-state index in [1.165, 1.54) is 0 Å². The zero-order valence-electron chi connectivity index (χ0n) is 28.2. The molecule has 46 heavy (non-hydrogen) atoms. The van der Waals surface area contributed by atoms with Gasteiger partial charge in [0.15, 0.2) is 0 Å². The van der Waals surface area contributed by atoms with Crippen LogP contribution < -0.4 is 27.0 Å². The highest BCUT2D eigenvalue weighted by Crippen LogP contribution is 2.37. The molecule has 2 fully saturated rings. The number of hydrogen-bond acceptors (Lipinski definition) is 7. The summed E-state index contributed by atoms with van der Waals surface area (Å²) < 4.78 is 5.28. The van der Waals surface area contributed by atoms with E-state index in [0.29, 0.717) is 77.5 Å². The van der Waals surface area contributed by atoms with E-state index in [4.69, 9.17) is 10.5 Å². The van der Waals surface area contributed by atoms with Gasteiger partial charge >= 0.3 is 6.09 Å². The number of nitrogens with zero attached hydrogens (tertiary/aromatic N) is 1. The van der Waals surface area contributed by atoms with Crippen molar-refractivity contribution in [1.29, 1.82) is 0 Å². The van der Waals surface area contributed by atoms with Crippen molar-refractivity contribution in [3.8, 4) is 0 Å². The summed E-state index contributed by atoms with van der Waals surface area (Å²) in [4.78, 5) is 66.3. The summed E-state index contributed by atoms with van der Waals surface area (Å²) in [6.07, 6.45) is 3.60. The van der Waals surface area contributed by atoms with Gasteiger partial charge in [0.2, 0.25) is 23.6 Å². The van der Waals surface area contributed by atoms with E-state index in [-0.39, 0.29) is 23.1 Å². The normalized spacial score (nSPS) is 18.0. The molecule has 0 unspecified atom stereocenters. The molecular weight excluding hydrogens is 588 g/mol. The second-order valence-electron chi connectivity index (χ2n) is 14.3. The number of piperidine rings is 1. The molecule has 2 saturated heterocycles. The van der Waals surface area contributed by atoms with Gasteiger partial charge in [-0.2, -0.15) is 0 Å². The minimum atomic E-state index is -0.862. The number of carbonyl (C=O) groups excluding carboxylic acids is 5. The molecule has 6 N–H and O–H groups in total. The minimum Gasteiger partial charge on any atom is -0.444 e. The number of ether oxygens (including phenoxy) is 1. The molecule has 3 atom stereocenters. The van der Waals surface area contributed by atoms with Crippen molar-refractivity contribution in [3.63, 3.8) is 0 Å². The Bertz CT molecular complexity index is 1190. The van der Waals surface area contributed by atoms with E-state index in [9.17, 15) is 24.0 Å². The van der Waals surface area contributed by atoms with Gasteiger partial charge in [0, 0.05) is 32.6 Å². The maximum Gasteiger partial charge on any atom is 0.407 e. The molecule has 0 saturated carbocycles. The second kappa shape index (κ2) is 16.8. The Balaban J connectivity index is 1.64. The molecule has 3 rings (SSSR count). The van der Waals surface area contributed by atoms with Gasteiger partial charge in [-0.15, -0.1) is 0 Å². The van der Waals surface area contributed by atoms with Crippen molar-refractivity contribution in [1.82, 2.24) is 26.2 Å². The molecule has 256 valence electrons. The lowest BCUT2D eigenvalue weighted by Gasteiger charge is -2.39. The third-order valence-corrected chi connectivity index (χ3v) is 8.51. The van der Waals surface area contributed by atoms with Crippen LogP contribution in [0.3, 0.4) is 0 Å². The fraction of sp³-hybridized carbons (Fsp3) is 0.676. The van der Waals surface area contributed by atoms with E-state index >= 15 is 0 Å². The Morgan fingerprint density at radius 2 is 1.65 bits per heavy atom. The van der Waals surface area contributed by atoms with Crippen molar-refractivity contribution >= 4 is 29.7 Å². The van der Waals surface area contributed by atoms with Crippen LogP contribution in [0.5, 0.6) is 0 Å². The Kier molecular flexibility index (Phi) is 13.4. The summed E-state index contributed by atoms with van der Waals surface area (Å²) in [6, 6.07) is 6.94. The van der Waals surface area contributed by atoms with Gasteiger partial charge in [-0.05, 0) is 82.6 Å². The summed E-state index contributed by atoms with van der Waals surface area (Å²) >= 11 is 0. The Labute approximate surface area is 273 Å². The van der Waals surface area contributed by atoms with Gasteiger partial charge in [0.05, 0.1) is 6.04 Å². The highest BCUT2D eigenvalue weighted by Gasteiger charge is 2.42. The highest BCUT2D eigenvalue weighted by atomic mass is 16.6. The zero-order chi connectivity index (χ0) is 33.9. The van der Waals surface area contributed by atoms with Crippen LogP contribution in [0.4, 0.5) is 4.79 Å². The first kappa shape index (κ1) is 36.8. The number of benzene rings is 1. The molecule has 5 amide bonds. The average Bonchev–Trinajstić information content (AvgIpc) is 3.34. The molecule has 12 heteroatoms. The largest absolute Gasteiger partial charge is 0.444 e. The Hall–Kier alpha value is -3.67. The van der Waals surface area contributed by atoms with E-state index in [1.807, 2.05) is 44.2 Å². The van der Waals surface area contributed by atoms with Crippen LogP contribution in [0.1, 0.15) is 85.1 Å². The van der Waals surface area contributed by atoms with Crippen LogP contribution >= 0.6 is 0 Å². The number of unbranched alkanes of at least 4 members (excludes halogenated alkanes) is 1. The third kappa shape index (κ3) is 11.9. The number of likely N-dealkylation sites (tertiary alicyclic amines) is 1. The lowest BCUT2D eigenvalue weighted by atomic mass is 9.77. The van der Waals surface area contributed by atoms with Crippen molar-refractivity contribution in [2.75, 3.05) is 26.2 Å². The molecule has 0 aromatic heterocycles. The first-order chi connectivity index (χ1) is 21.7. The Morgan fingerprint density at radius 1 is 1.00 bits per heavy atom. The summed E-state index contributed by atoms with van der Waals surface area (Å²) in [6.45, 7) is 11.3. The molecule has 0 bridgehead atoms. The monoisotopic (exact) mass is 642 g/mol. The summed E-state index contributed by atoms with van der Waals surface area (Å²) in [5.74, 6) is -0.904. The average molecular weight is 643 g/mol. The molecule has 2 heterocycles. The second-order valence-corrected chi connectivity index (χ2v) is 14.3. The van der Waals surface area contributed by atoms with E-state index in [0.717, 1.165) is 5.56 Å². The lowest BCUT2D eigenvalue weighted by Crippen LogP contribution is -2.57. The summed E-state index contributed by atoms with van der Waals surface area (Å²) in [7, 11) is 0. The molecule has 12 nitrogen and oxygen atoms in total. The summed E-state index contributed by atoms with van der Waals surface area (Å²) in [5.41, 5.74) is 6.41. The van der Waals surface area contributed by atoms with Crippen LogP contribution in [0, 0.1) is 11.3 Å². The maximum atomic E-state index is 13.8. The van der Waals surface area contributed by atoms with Crippen molar-refractivity contribution in [2.24, 2.45) is 17.1 Å². The maximum absolute atomic E-state index is 13.8. The van der Waals surface area contributed by atoms with Gasteiger partial charge in [-0.3, -0.25) is 19.2 Å². The number of nitrogens with one attached hydrogen (secondary N) is 4. The van der Waals surface area contributed by atoms with Gasteiger partial charge in [0.25, 0.3) is 0 Å². The fourth-order valence-electron chi connectivity index (χ4n) is 5.98. The highest BCUT2D eigenvalue weighted by molar-refractivity contribution is 5.93. The number of hydrogen-bond donors (Lipinski definition) is 5. The fourth-order valence-corrected chi connectivity index (χ4v) is 5.98. The Morgan fingerprint density at radius 3 is 2.24 bits per heavy atom. The van der Waals surface area contributed by atoms with Crippen LogP contribution in [-0.4, -0.2) is 84.5 Å². The first-order valence-corrected chi connectivity index (χ1v) is 16.6. The van der Waals surface area contributed by atoms with E-state index in [1.54, 1.807) is 25.7 Å². The number of amides is 5.